The smallest absolute Gasteiger partial charge is 0.0431 e. The number of hydrogen-bond acceptors (Lipinski definition) is 1. The van der Waals surface area contributed by atoms with Crippen LogP contribution in [0.2, 0.25) is 0 Å². The zero-order chi connectivity index (χ0) is 9.61. The van der Waals surface area contributed by atoms with Crippen LogP contribution in [0.5, 0.6) is 0 Å². The van der Waals surface area contributed by atoms with Crippen LogP contribution in [-0.4, -0.2) is 11.7 Å². The van der Waals surface area contributed by atoms with Crippen molar-refractivity contribution in [1.82, 2.24) is 0 Å². The lowest BCUT2D eigenvalue weighted by atomic mass is 9.74. The van der Waals surface area contributed by atoms with Crippen molar-refractivity contribution >= 4 is 0 Å². The molecule has 1 nitrogen and oxygen atoms in total. The van der Waals surface area contributed by atoms with Crippen LogP contribution in [0, 0.1) is 11.3 Å². The normalized spacial score (nSPS) is 14.8. The Labute approximate surface area is 77.2 Å². The van der Waals surface area contributed by atoms with Crippen molar-refractivity contribution in [2.75, 3.05) is 6.61 Å². The van der Waals surface area contributed by atoms with Crippen LogP contribution in [0.3, 0.4) is 0 Å². The van der Waals surface area contributed by atoms with Gasteiger partial charge in [0.05, 0.1) is 0 Å². The lowest BCUT2D eigenvalue weighted by Gasteiger charge is -2.31. The van der Waals surface area contributed by atoms with E-state index in [1.807, 2.05) is 0 Å². The first kappa shape index (κ1) is 12.0. The molecule has 1 atom stereocenters. The summed E-state index contributed by atoms with van der Waals surface area (Å²) in [5, 5.41) is 8.71. The molecule has 74 valence electrons. The lowest BCUT2D eigenvalue weighted by Crippen LogP contribution is -2.21. The summed E-state index contributed by atoms with van der Waals surface area (Å²) in [7, 11) is 0. The Hall–Kier alpha value is -0.0400. The maximum atomic E-state index is 8.71. The summed E-state index contributed by atoms with van der Waals surface area (Å²) in [6.45, 7) is 9.54. The Kier molecular flexibility index (Phi) is 5.56. The van der Waals surface area contributed by atoms with E-state index in [0.29, 0.717) is 12.0 Å². The van der Waals surface area contributed by atoms with Gasteiger partial charge in [0.2, 0.25) is 0 Å². The number of rotatable bonds is 6. The van der Waals surface area contributed by atoms with Gasteiger partial charge in [-0.25, -0.2) is 0 Å². The van der Waals surface area contributed by atoms with Crippen LogP contribution in [0.4, 0.5) is 0 Å². The molecule has 0 radical (unpaired) electrons. The van der Waals surface area contributed by atoms with E-state index in [9.17, 15) is 0 Å². The summed E-state index contributed by atoms with van der Waals surface area (Å²) in [4.78, 5) is 0. The van der Waals surface area contributed by atoms with Crippen molar-refractivity contribution in [3.8, 4) is 0 Å². The third-order valence-electron chi connectivity index (χ3n) is 3.02. The predicted molar refractivity (Wildman–Crippen MR) is 54.2 cm³/mol. The molecule has 0 spiro atoms. The summed E-state index contributed by atoms with van der Waals surface area (Å²) in [5.41, 5.74) is 0.448. The summed E-state index contributed by atoms with van der Waals surface area (Å²) in [6.07, 6.45) is 4.66. The molecule has 0 aliphatic carbocycles. The molecule has 1 N–H and O–H groups in total. The van der Waals surface area contributed by atoms with Crippen LogP contribution in [0.15, 0.2) is 0 Å². The van der Waals surface area contributed by atoms with Gasteiger partial charge >= 0.3 is 0 Å². The summed E-state index contributed by atoms with van der Waals surface area (Å²) >= 11 is 0. The second-order valence-corrected chi connectivity index (χ2v) is 4.51. The zero-order valence-electron chi connectivity index (χ0n) is 9.06. The topological polar surface area (TPSA) is 20.2 Å². The van der Waals surface area contributed by atoms with Gasteiger partial charge in [-0.3, -0.25) is 0 Å². The standard InChI is InChI=1S/C11H24O/c1-5-8-11(3,4)10(2)7-6-9-12/h10,12H,5-9H2,1-4H3. The molecule has 0 bridgehead atoms. The van der Waals surface area contributed by atoms with Gasteiger partial charge in [-0.2, -0.15) is 0 Å². The van der Waals surface area contributed by atoms with E-state index in [1.165, 1.54) is 12.8 Å². The molecule has 0 saturated carbocycles. The fraction of sp³-hybridized carbons (Fsp3) is 1.00. The molecule has 0 aliphatic heterocycles. The Morgan fingerprint density at radius 2 is 1.92 bits per heavy atom. The highest BCUT2D eigenvalue weighted by Gasteiger charge is 2.23. The summed E-state index contributed by atoms with van der Waals surface area (Å²) in [5.74, 6) is 0.726. The Bertz CT molecular complexity index is 108. The van der Waals surface area contributed by atoms with E-state index in [2.05, 4.69) is 27.7 Å². The monoisotopic (exact) mass is 172 g/mol. The highest BCUT2D eigenvalue weighted by Crippen LogP contribution is 2.34. The van der Waals surface area contributed by atoms with Gasteiger partial charge in [0.25, 0.3) is 0 Å². The van der Waals surface area contributed by atoms with Crippen molar-refractivity contribution in [2.45, 2.75) is 53.4 Å². The maximum Gasteiger partial charge on any atom is 0.0431 e. The van der Waals surface area contributed by atoms with Crippen LogP contribution < -0.4 is 0 Å². The Morgan fingerprint density at radius 3 is 2.33 bits per heavy atom. The molecule has 0 fully saturated rings. The van der Waals surface area contributed by atoms with Gasteiger partial charge in [-0.05, 0) is 30.6 Å². The minimum atomic E-state index is 0.340. The Morgan fingerprint density at radius 1 is 1.33 bits per heavy atom. The molecule has 0 aromatic carbocycles. The fourth-order valence-electron chi connectivity index (χ4n) is 1.68. The molecule has 0 amide bonds. The fourth-order valence-corrected chi connectivity index (χ4v) is 1.68. The molecule has 0 rings (SSSR count). The number of hydrogen-bond donors (Lipinski definition) is 1. The first-order valence-electron chi connectivity index (χ1n) is 5.15. The molecule has 1 unspecified atom stereocenters. The average Bonchev–Trinajstić information content (AvgIpc) is 2.00. The minimum Gasteiger partial charge on any atom is -0.396 e. The van der Waals surface area contributed by atoms with E-state index in [4.69, 9.17) is 5.11 Å². The molecule has 0 heterocycles. The van der Waals surface area contributed by atoms with E-state index in [1.54, 1.807) is 0 Å². The molecule has 0 aliphatic rings. The van der Waals surface area contributed by atoms with Crippen LogP contribution in [0.1, 0.15) is 53.4 Å². The highest BCUT2D eigenvalue weighted by atomic mass is 16.2. The lowest BCUT2D eigenvalue weighted by molar-refractivity contribution is 0.180. The molecule has 0 saturated heterocycles. The van der Waals surface area contributed by atoms with E-state index >= 15 is 0 Å². The van der Waals surface area contributed by atoms with Crippen molar-refractivity contribution in [3.05, 3.63) is 0 Å². The van der Waals surface area contributed by atoms with Gasteiger partial charge < -0.3 is 5.11 Å². The van der Waals surface area contributed by atoms with E-state index in [0.717, 1.165) is 18.8 Å². The first-order chi connectivity index (χ1) is 5.54. The number of aliphatic hydroxyl groups excluding tert-OH is 1. The van der Waals surface area contributed by atoms with Gasteiger partial charge in [-0.15, -0.1) is 0 Å². The molecule has 0 aromatic heterocycles. The van der Waals surface area contributed by atoms with Crippen molar-refractivity contribution in [2.24, 2.45) is 11.3 Å². The van der Waals surface area contributed by atoms with Crippen LogP contribution in [-0.2, 0) is 0 Å². The Balaban J connectivity index is 3.79. The maximum absolute atomic E-state index is 8.71. The molecule has 12 heavy (non-hydrogen) atoms. The second kappa shape index (κ2) is 5.58. The van der Waals surface area contributed by atoms with Gasteiger partial charge in [0, 0.05) is 6.61 Å². The molecule has 1 heteroatoms. The molecule has 0 aromatic rings. The van der Waals surface area contributed by atoms with Crippen LogP contribution in [0.25, 0.3) is 0 Å². The zero-order valence-corrected chi connectivity index (χ0v) is 9.06. The van der Waals surface area contributed by atoms with Gasteiger partial charge in [0.15, 0.2) is 0 Å². The summed E-state index contributed by atoms with van der Waals surface area (Å²) < 4.78 is 0. The summed E-state index contributed by atoms with van der Waals surface area (Å²) in [6, 6.07) is 0. The van der Waals surface area contributed by atoms with Crippen molar-refractivity contribution < 1.29 is 5.11 Å². The minimum absolute atomic E-state index is 0.340. The highest BCUT2D eigenvalue weighted by molar-refractivity contribution is 4.74. The number of aliphatic hydroxyl groups is 1. The van der Waals surface area contributed by atoms with Gasteiger partial charge in [-0.1, -0.05) is 34.1 Å². The first-order valence-corrected chi connectivity index (χ1v) is 5.15. The van der Waals surface area contributed by atoms with Gasteiger partial charge in [0.1, 0.15) is 0 Å². The molecular weight excluding hydrogens is 148 g/mol. The third-order valence-corrected chi connectivity index (χ3v) is 3.02. The SMILES string of the molecule is CCCC(C)(C)C(C)CCCO. The second-order valence-electron chi connectivity index (χ2n) is 4.51. The average molecular weight is 172 g/mol. The largest absolute Gasteiger partial charge is 0.396 e. The predicted octanol–water partition coefficient (Wildman–Crippen LogP) is 3.22. The third kappa shape index (κ3) is 4.10. The van der Waals surface area contributed by atoms with Crippen molar-refractivity contribution in [3.63, 3.8) is 0 Å². The van der Waals surface area contributed by atoms with E-state index in [-0.39, 0.29) is 0 Å². The quantitative estimate of drug-likeness (QED) is 0.652. The van der Waals surface area contributed by atoms with Crippen molar-refractivity contribution in [1.29, 1.82) is 0 Å². The molecular formula is C11H24O. The van der Waals surface area contributed by atoms with E-state index < -0.39 is 0 Å². The van der Waals surface area contributed by atoms with Crippen LogP contribution >= 0.6 is 0 Å².